The van der Waals surface area contributed by atoms with Crippen molar-refractivity contribution in [2.75, 3.05) is 54.7 Å². The maximum Gasteiger partial charge on any atom is 0.305 e. The van der Waals surface area contributed by atoms with E-state index < -0.39 is 23.0 Å². The Hall–Kier alpha value is -5.37. The smallest absolute Gasteiger partial charge is 0.305 e. The Kier molecular flexibility index (Phi) is 11.7. The number of amides is 2. The zero-order chi connectivity index (χ0) is 39.3. The summed E-state index contributed by atoms with van der Waals surface area (Å²) in [5.74, 6) is -1.65. The van der Waals surface area contributed by atoms with Crippen LogP contribution in [-0.4, -0.2) is 88.5 Å². The number of carbonyl (C=O) groups is 3. The summed E-state index contributed by atoms with van der Waals surface area (Å²) in [7, 11) is 1.36. The van der Waals surface area contributed by atoms with E-state index in [4.69, 9.17) is 4.74 Å². The van der Waals surface area contributed by atoms with E-state index in [9.17, 15) is 24.6 Å². The average molecular weight is 762 g/mol. The summed E-state index contributed by atoms with van der Waals surface area (Å²) in [5.41, 5.74) is 1.67. The lowest BCUT2D eigenvalue weighted by molar-refractivity contribution is -0.140. The molecule has 4 aromatic rings. The van der Waals surface area contributed by atoms with Gasteiger partial charge in [-0.05, 0) is 81.1 Å². The number of aliphatic hydroxyl groups is 2. The van der Waals surface area contributed by atoms with Crippen LogP contribution in [0.4, 0.5) is 17.1 Å². The predicted molar refractivity (Wildman–Crippen MR) is 213 cm³/mol. The van der Waals surface area contributed by atoms with Crippen molar-refractivity contribution in [2.24, 2.45) is 5.92 Å². The monoisotopic (exact) mass is 761 g/mol. The summed E-state index contributed by atoms with van der Waals surface area (Å²) in [4.78, 5) is 46.3. The van der Waals surface area contributed by atoms with Gasteiger partial charge in [0, 0.05) is 48.6 Å². The number of nitrogens with zero attached hydrogens (tertiary/aromatic N) is 6. The molecule has 7 rings (SSSR count). The van der Waals surface area contributed by atoms with Crippen molar-refractivity contribution in [1.82, 2.24) is 20.3 Å². The normalized spacial score (nSPS) is 20.2. The molecule has 56 heavy (non-hydrogen) atoms. The standard InChI is InChI=1S/C43H51N7O6/c1-31(13-9-11-25-47-28-37(45-46-47)35(29-51)32-14-5-3-6-15-32)43(55)36-27-34(19-20-38(36)48(41(43)54)26-12-10-18-39(52)56-2)49-30-50(33-16-7-4-8-17-33)42(40(49)53)21-23-44-24-22-42/h3-9,13-17,19-20,27-28,31,35,44,51,55H,10-12,18,21-26,29-30H2,1-2H3/b13-9+/t31-,35?,43+/m0/s1. The maximum absolute atomic E-state index is 14.5. The van der Waals surface area contributed by atoms with Crippen molar-refractivity contribution >= 4 is 34.8 Å². The van der Waals surface area contributed by atoms with Crippen molar-refractivity contribution in [3.63, 3.8) is 0 Å². The number of fused-ring (bicyclic) bond motifs is 1. The molecule has 0 bridgehead atoms. The average Bonchev–Trinajstić information content (AvgIpc) is 3.87. The van der Waals surface area contributed by atoms with Gasteiger partial charge in [0.1, 0.15) is 5.54 Å². The molecule has 13 nitrogen and oxygen atoms in total. The quantitative estimate of drug-likeness (QED) is 0.0898. The van der Waals surface area contributed by atoms with Gasteiger partial charge in [-0.1, -0.05) is 72.8 Å². The lowest BCUT2D eigenvalue weighted by atomic mass is 9.82. The summed E-state index contributed by atoms with van der Waals surface area (Å²) < 4.78 is 6.52. The minimum atomic E-state index is -1.90. The van der Waals surface area contributed by atoms with Gasteiger partial charge in [-0.2, -0.15) is 0 Å². The number of unbranched alkanes of at least 4 members (excludes halogenated alkanes) is 1. The first-order chi connectivity index (χ1) is 27.2. The van der Waals surface area contributed by atoms with E-state index in [0.29, 0.717) is 74.5 Å². The number of allylic oxidation sites excluding steroid dienone is 1. The number of aromatic nitrogens is 3. The van der Waals surface area contributed by atoms with Crippen LogP contribution in [0.15, 0.2) is 97.2 Å². The molecular formula is C43H51N7O6. The molecule has 2 amide bonds. The Bertz CT molecular complexity index is 2030. The lowest BCUT2D eigenvalue weighted by Crippen LogP contribution is -2.55. The molecule has 1 unspecified atom stereocenters. The molecule has 3 aromatic carbocycles. The molecule has 3 atom stereocenters. The number of piperidine rings is 1. The van der Waals surface area contributed by atoms with Crippen molar-refractivity contribution in [1.29, 1.82) is 0 Å². The number of aryl methyl sites for hydroxylation is 1. The third-order valence-electron chi connectivity index (χ3n) is 11.7. The highest BCUT2D eigenvalue weighted by Gasteiger charge is 2.55. The first-order valence-electron chi connectivity index (χ1n) is 19.5. The van der Waals surface area contributed by atoms with Gasteiger partial charge in [-0.25, -0.2) is 0 Å². The summed E-state index contributed by atoms with van der Waals surface area (Å²) in [6, 6.07) is 25.2. The van der Waals surface area contributed by atoms with Gasteiger partial charge in [-0.3, -0.25) is 24.0 Å². The van der Waals surface area contributed by atoms with Crippen LogP contribution < -0.4 is 20.0 Å². The highest BCUT2D eigenvalue weighted by Crippen LogP contribution is 2.48. The van der Waals surface area contributed by atoms with Crippen molar-refractivity contribution in [2.45, 2.75) is 69.1 Å². The molecule has 13 heteroatoms. The molecular weight excluding hydrogens is 711 g/mol. The number of hydrogen-bond donors (Lipinski definition) is 3. The molecule has 3 aliphatic rings. The van der Waals surface area contributed by atoms with Crippen LogP contribution in [0.2, 0.25) is 0 Å². The number of hydrogen-bond acceptors (Lipinski definition) is 10. The zero-order valence-corrected chi connectivity index (χ0v) is 32.1. The molecule has 4 heterocycles. The molecule has 1 aromatic heterocycles. The number of carbonyl (C=O) groups excluding carboxylic acids is 3. The van der Waals surface area contributed by atoms with Gasteiger partial charge >= 0.3 is 5.97 Å². The van der Waals surface area contributed by atoms with Crippen molar-refractivity contribution in [3.8, 4) is 0 Å². The van der Waals surface area contributed by atoms with Gasteiger partial charge in [0.15, 0.2) is 5.60 Å². The first-order valence-corrected chi connectivity index (χ1v) is 19.5. The Balaban J connectivity index is 1.13. The largest absolute Gasteiger partial charge is 0.469 e. The van der Waals surface area contributed by atoms with Gasteiger partial charge in [0.25, 0.3) is 11.8 Å². The van der Waals surface area contributed by atoms with E-state index in [1.807, 2.05) is 104 Å². The van der Waals surface area contributed by atoms with Crippen LogP contribution in [0.3, 0.4) is 0 Å². The van der Waals surface area contributed by atoms with E-state index in [1.165, 1.54) is 7.11 Å². The van der Waals surface area contributed by atoms with Gasteiger partial charge in [0.05, 0.1) is 37.7 Å². The van der Waals surface area contributed by atoms with Crippen LogP contribution in [0.5, 0.6) is 0 Å². The van der Waals surface area contributed by atoms with Crippen LogP contribution in [0, 0.1) is 5.92 Å². The van der Waals surface area contributed by atoms with Crippen molar-refractivity contribution < 1.29 is 29.3 Å². The highest BCUT2D eigenvalue weighted by atomic mass is 16.5. The fourth-order valence-corrected chi connectivity index (χ4v) is 8.42. The molecule has 3 aliphatic heterocycles. The minimum absolute atomic E-state index is 0.00798. The van der Waals surface area contributed by atoms with Gasteiger partial charge < -0.3 is 30.1 Å². The summed E-state index contributed by atoms with van der Waals surface area (Å²) in [6.07, 6.45) is 8.82. The highest BCUT2D eigenvalue weighted by molar-refractivity contribution is 6.10. The van der Waals surface area contributed by atoms with Gasteiger partial charge in [0.2, 0.25) is 0 Å². The molecule has 0 saturated carbocycles. The van der Waals surface area contributed by atoms with Gasteiger partial charge in [-0.15, -0.1) is 5.10 Å². The van der Waals surface area contributed by atoms with E-state index in [0.717, 1.165) is 24.3 Å². The Morgan fingerprint density at radius 3 is 2.41 bits per heavy atom. The first kappa shape index (κ1) is 38.9. The van der Waals surface area contributed by atoms with Crippen LogP contribution in [0.25, 0.3) is 0 Å². The number of nitrogens with one attached hydrogen (secondary N) is 1. The van der Waals surface area contributed by atoms with Crippen LogP contribution in [-0.2, 0) is 31.3 Å². The lowest BCUT2D eigenvalue weighted by Gasteiger charge is -2.39. The molecule has 0 radical (unpaired) electrons. The molecule has 1 spiro atoms. The van der Waals surface area contributed by atoms with Crippen molar-refractivity contribution in [3.05, 3.63) is 114 Å². The molecule has 3 N–H and O–H groups in total. The number of aliphatic hydroxyl groups excluding tert-OH is 1. The third kappa shape index (κ3) is 7.34. The number of rotatable bonds is 15. The van der Waals surface area contributed by atoms with E-state index in [2.05, 4.69) is 20.5 Å². The van der Waals surface area contributed by atoms with E-state index >= 15 is 0 Å². The number of benzene rings is 3. The second kappa shape index (κ2) is 16.8. The Labute approximate surface area is 327 Å². The third-order valence-corrected chi connectivity index (χ3v) is 11.7. The number of esters is 1. The summed E-state index contributed by atoms with van der Waals surface area (Å²) in [5, 5.41) is 34.6. The number of anilines is 3. The molecule has 2 fully saturated rings. The zero-order valence-electron chi connectivity index (χ0n) is 32.1. The Morgan fingerprint density at radius 2 is 1.70 bits per heavy atom. The minimum Gasteiger partial charge on any atom is -0.469 e. The summed E-state index contributed by atoms with van der Waals surface area (Å²) in [6.45, 7) is 4.36. The van der Waals surface area contributed by atoms with E-state index in [1.54, 1.807) is 14.5 Å². The SMILES string of the molecule is COC(=O)CCCCN1C(=O)[C@@](O)([C@@H](C)/C=C/CCn2cc(C(CO)c3ccccc3)nn2)c2cc(N3CN(c4ccccc4)C4(CCNCC4)C3=O)ccc21. The van der Waals surface area contributed by atoms with Crippen LogP contribution >= 0.6 is 0 Å². The number of methoxy groups -OCH3 is 1. The summed E-state index contributed by atoms with van der Waals surface area (Å²) >= 11 is 0. The number of ether oxygens (including phenoxy) is 1. The second-order valence-electron chi connectivity index (χ2n) is 14.9. The topological polar surface area (TPSA) is 153 Å². The Morgan fingerprint density at radius 1 is 0.964 bits per heavy atom. The molecule has 294 valence electrons. The number of para-hydroxylation sites is 1. The second-order valence-corrected chi connectivity index (χ2v) is 14.9. The fraction of sp³-hybridized carbons (Fsp3) is 0.419. The maximum atomic E-state index is 14.5. The van der Waals surface area contributed by atoms with E-state index in [-0.39, 0.29) is 30.8 Å². The van der Waals surface area contributed by atoms with Crippen LogP contribution in [0.1, 0.15) is 68.2 Å². The fourth-order valence-electron chi connectivity index (χ4n) is 8.42. The molecule has 0 aliphatic carbocycles. The molecule has 2 saturated heterocycles. The predicted octanol–water partition coefficient (Wildman–Crippen LogP) is 4.50.